The molecule has 0 aliphatic carbocycles. The van der Waals surface area contributed by atoms with Crippen LogP contribution >= 0.6 is 0 Å². The van der Waals surface area contributed by atoms with Crippen LogP contribution in [0.3, 0.4) is 0 Å². The van der Waals surface area contributed by atoms with E-state index in [1.165, 1.54) is 0 Å². The highest BCUT2D eigenvalue weighted by Gasteiger charge is 2.09. The summed E-state index contributed by atoms with van der Waals surface area (Å²) >= 11 is 0. The van der Waals surface area contributed by atoms with Gasteiger partial charge in [-0.15, -0.1) is 0 Å². The van der Waals surface area contributed by atoms with Crippen LogP contribution in [-0.2, 0) is 0 Å². The largest absolute Gasteiger partial charge is 0.0881 e. The van der Waals surface area contributed by atoms with E-state index in [0.29, 0.717) is 5.41 Å². The lowest BCUT2D eigenvalue weighted by Gasteiger charge is -2.17. The van der Waals surface area contributed by atoms with E-state index in [-0.39, 0.29) is 0 Å². The van der Waals surface area contributed by atoms with E-state index in [4.69, 9.17) is 6.92 Å². The molecule has 0 nitrogen and oxygen atoms in total. The highest BCUT2D eigenvalue weighted by molar-refractivity contribution is 5.05. The van der Waals surface area contributed by atoms with Gasteiger partial charge in [0.25, 0.3) is 0 Å². The first-order valence-corrected chi connectivity index (χ1v) is 3.36. The smallest absolute Gasteiger partial charge is 0.00599 e. The van der Waals surface area contributed by atoms with Gasteiger partial charge in [-0.05, 0) is 25.7 Å². The van der Waals surface area contributed by atoms with Crippen LogP contribution in [0.5, 0.6) is 0 Å². The lowest BCUT2D eigenvalue weighted by atomic mass is 9.88. The zero-order valence-electron chi connectivity index (χ0n) is 6.86. The number of hydrogen-bond donors (Lipinski definition) is 0. The first-order chi connectivity index (χ1) is 3.95. The van der Waals surface area contributed by atoms with Crippen molar-refractivity contribution in [1.29, 1.82) is 0 Å². The van der Waals surface area contributed by atoms with Crippen LogP contribution < -0.4 is 0 Å². The van der Waals surface area contributed by atoms with E-state index in [2.05, 4.69) is 20.8 Å². The third-order valence-corrected chi connectivity index (χ3v) is 1.11. The molecule has 0 rings (SSSR count). The predicted octanol–water partition coefficient (Wildman–Crippen LogP) is 3.08. The van der Waals surface area contributed by atoms with Crippen molar-refractivity contribution in [3.8, 4) is 0 Å². The molecular weight excluding hydrogens is 108 g/mol. The summed E-state index contributed by atoms with van der Waals surface area (Å²) in [6.07, 6.45) is 2.95. The summed E-state index contributed by atoms with van der Waals surface area (Å²) in [4.78, 5) is 0. The summed E-state index contributed by atoms with van der Waals surface area (Å²) in [7, 11) is 0. The molecule has 0 atom stereocenters. The highest BCUT2D eigenvalue weighted by Crippen LogP contribution is 2.22. The fourth-order valence-corrected chi connectivity index (χ4v) is 0.714. The van der Waals surface area contributed by atoms with Crippen LogP contribution in [0.15, 0.2) is 11.6 Å². The molecule has 0 unspecified atom stereocenters. The third-order valence-electron chi connectivity index (χ3n) is 1.11. The molecule has 0 amide bonds. The van der Waals surface area contributed by atoms with Gasteiger partial charge < -0.3 is 0 Å². The van der Waals surface area contributed by atoms with Crippen molar-refractivity contribution in [3.05, 3.63) is 18.6 Å². The van der Waals surface area contributed by atoms with Crippen LogP contribution in [0.4, 0.5) is 0 Å². The second kappa shape index (κ2) is 3.05. The molecule has 9 heavy (non-hydrogen) atoms. The molecule has 0 N–H and O–H groups in total. The molecule has 0 aromatic carbocycles. The molecule has 0 saturated carbocycles. The van der Waals surface area contributed by atoms with Crippen LogP contribution in [0, 0.1) is 12.3 Å². The van der Waals surface area contributed by atoms with E-state index in [9.17, 15) is 0 Å². The monoisotopic (exact) mass is 124 g/mol. The lowest BCUT2D eigenvalue weighted by molar-refractivity contribution is 0.413. The minimum absolute atomic E-state index is 0.330. The molecule has 0 saturated heterocycles. The van der Waals surface area contributed by atoms with Crippen LogP contribution in [0.1, 0.15) is 34.1 Å². The Morgan fingerprint density at radius 1 is 1.44 bits per heavy atom. The summed E-state index contributed by atoms with van der Waals surface area (Å²) in [5.41, 5.74) is 1.32. The molecule has 0 heteroatoms. The maximum absolute atomic E-state index is 5.62. The molecule has 0 aromatic rings. The van der Waals surface area contributed by atoms with Crippen molar-refractivity contribution in [2.24, 2.45) is 5.41 Å². The second-order valence-electron chi connectivity index (χ2n) is 3.60. The second-order valence-corrected chi connectivity index (χ2v) is 3.60. The van der Waals surface area contributed by atoms with Gasteiger partial charge in [0.1, 0.15) is 0 Å². The highest BCUT2D eigenvalue weighted by atomic mass is 14.1. The van der Waals surface area contributed by atoms with Crippen LogP contribution in [-0.4, -0.2) is 0 Å². The number of hydrogen-bond acceptors (Lipinski definition) is 0. The van der Waals surface area contributed by atoms with Crippen LogP contribution in [0.2, 0.25) is 0 Å². The molecule has 0 bridgehead atoms. The van der Waals surface area contributed by atoms with Gasteiger partial charge in [0.05, 0.1) is 0 Å². The van der Waals surface area contributed by atoms with Gasteiger partial charge in [0.2, 0.25) is 0 Å². The normalized spacial score (nSPS) is 14.1. The Morgan fingerprint density at radius 2 is 1.89 bits per heavy atom. The SMILES string of the molecule is [CH]/C(=C\C)CC(C)(C)C. The minimum Gasteiger partial charge on any atom is -0.0881 e. The first-order valence-electron chi connectivity index (χ1n) is 3.36. The quantitative estimate of drug-likeness (QED) is 0.504. The summed E-state index contributed by atoms with van der Waals surface area (Å²) < 4.78 is 0. The Morgan fingerprint density at radius 3 is 2.00 bits per heavy atom. The maximum atomic E-state index is 5.62. The molecule has 0 heterocycles. The van der Waals surface area contributed by atoms with Gasteiger partial charge in [-0.1, -0.05) is 32.4 Å². The molecule has 0 spiro atoms. The zero-order chi connectivity index (χ0) is 7.49. The molecular formula is C9H16. The Balaban J connectivity index is 3.75. The summed E-state index contributed by atoms with van der Waals surface area (Å²) in [6, 6.07) is 0. The Hall–Kier alpha value is -0.260. The average Bonchev–Trinajstić information content (AvgIpc) is 1.62. The van der Waals surface area contributed by atoms with E-state index >= 15 is 0 Å². The van der Waals surface area contributed by atoms with Gasteiger partial charge in [-0.25, -0.2) is 0 Å². The standard InChI is InChI=1S/C9H16/c1-6-8(2)7-9(3,4)5/h2,6H,7H2,1,3-5H3/b8-6+. The lowest BCUT2D eigenvalue weighted by Crippen LogP contribution is -2.04. The zero-order valence-corrected chi connectivity index (χ0v) is 6.86. The van der Waals surface area contributed by atoms with E-state index in [0.717, 1.165) is 12.0 Å². The number of allylic oxidation sites excluding steroid dienone is 2. The molecule has 0 fully saturated rings. The van der Waals surface area contributed by atoms with Crippen molar-refractivity contribution in [3.63, 3.8) is 0 Å². The summed E-state index contributed by atoms with van der Waals surface area (Å²) in [5, 5.41) is 0. The molecule has 0 aromatic heterocycles. The Kier molecular flexibility index (Phi) is 2.96. The number of rotatable bonds is 1. The van der Waals surface area contributed by atoms with Gasteiger partial charge in [0.15, 0.2) is 0 Å². The van der Waals surface area contributed by atoms with Gasteiger partial charge in [-0.3, -0.25) is 0 Å². The topological polar surface area (TPSA) is 0 Å². The van der Waals surface area contributed by atoms with E-state index < -0.39 is 0 Å². The van der Waals surface area contributed by atoms with Gasteiger partial charge in [-0.2, -0.15) is 0 Å². The molecule has 0 aliphatic rings. The molecule has 2 radical (unpaired) electrons. The van der Waals surface area contributed by atoms with Crippen molar-refractivity contribution in [1.82, 2.24) is 0 Å². The Bertz CT molecular complexity index is 102. The third kappa shape index (κ3) is 5.61. The van der Waals surface area contributed by atoms with Crippen molar-refractivity contribution < 1.29 is 0 Å². The average molecular weight is 124 g/mol. The fourth-order valence-electron chi connectivity index (χ4n) is 0.714. The van der Waals surface area contributed by atoms with Gasteiger partial charge in [0, 0.05) is 0 Å². The summed E-state index contributed by atoms with van der Waals surface area (Å²) in [5.74, 6) is 0. The fraction of sp³-hybridized carbons (Fsp3) is 0.667. The predicted molar refractivity (Wildman–Crippen MR) is 42.1 cm³/mol. The Labute approximate surface area is 59.0 Å². The first kappa shape index (κ1) is 8.74. The summed E-state index contributed by atoms with van der Waals surface area (Å²) in [6.45, 7) is 14.1. The maximum Gasteiger partial charge on any atom is -0.00599 e. The van der Waals surface area contributed by atoms with E-state index in [1.54, 1.807) is 0 Å². The molecule has 0 aliphatic heterocycles. The van der Waals surface area contributed by atoms with E-state index in [1.807, 2.05) is 13.0 Å². The van der Waals surface area contributed by atoms with Crippen molar-refractivity contribution in [2.75, 3.05) is 0 Å². The van der Waals surface area contributed by atoms with Crippen molar-refractivity contribution >= 4 is 0 Å². The van der Waals surface area contributed by atoms with Crippen LogP contribution in [0.25, 0.3) is 0 Å². The molecule has 52 valence electrons. The minimum atomic E-state index is 0.330. The van der Waals surface area contributed by atoms with Crippen molar-refractivity contribution in [2.45, 2.75) is 34.1 Å². The van der Waals surface area contributed by atoms with Gasteiger partial charge >= 0.3 is 0 Å².